The summed E-state index contributed by atoms with van der Waals surface area (Å²) in [5.41, 5.74) is 5.46. The zero-order valence-electron chi connectivity index (χ0n) is 15.1. The number of rotatable bonds is 8. The molecule has 0 saturated carbocycles. The van der Waals surface area contributed by atoms with Gasteiger partial charge in [-0.3, -0.25) is 9.59 Å². The van der Waals surface area contributed by atoms with Crippen molar-refractivity contribution in [2.75, 3.05) is 25.5 Å². The molecule has 0 unspecified atom stereocenters. The molecular formula is C20H24N4O2. The Hall–Kier alpha value is -3.15. The largest absolute Gasteiger partial charge is 0.378 e. The van der Waals surface area contributed by atoms with Gasteiger partial charge in [-0.2, -0.15) is 5.10 Å². The van der Waals surface area contributed by atoms with E-state index in [4.69, 9.17) is 0 Å². The van der Waals surface area contributed by atoms with E-state index in [9.17, 15) is 9.59 Å². The van der Waals surface area contributed by atoms with Crippen LogP contribution in [0.5, 0.6) is 0 Å². The minimum atomic E-state index is -0.362. The number of benzene rings is 2. The van der Waals surface area contributed by atoms with Crippen LogP contribution in [0, 0.1) is 0 Å². The molecule has 136 valence electrons. The molecule has 2 aromatic rings. The van der Waals surface area contributed by atoms with Crippen molar-refractivity contribution in [1.29, 1.82) is 0 Å². The van der Waals surface area contributed by atoms with Crippen LogP contribution in [0.25, 0.3) is 0 Å². The first-order valence-corrected chi connectivity index (χ1v) is 8.44. The molecule has 0 spiro atoms. The maximum atomic E-state index is 11.8. The Balaban J connectivity index is 1.67. The van der Waals surface area contributed by atoms with Crippen molar-refractivity contribution in [1.82, 2.24) is 10.7 Å². The molecule has 2 N–H and O–H groups in total. The summed E-state index contributed by atoms with van der Waals surface area (Å²) < 4.78 is 0. The van der Waals surface area contributed by atoms with Crippen LogP contribution >= 0.6 is 0 Å². The summed E-state index contributed by atoms with van der Waals surface area (Å²) in [5, 5.41) is 6.49. The first-order chi connectivity index (χ1) is 12.5. The molecule has 26 heavy (non-hydrogen) atoms. The summed E-state index contributed by atoms with van der Waals surface area (Å²) in [6.07, 6.45) is 2.56. The molecule has 0 aliphatic rings. The van der Waals surface area contributed by atoms with E-state index in [1.165, 1.54) is 0 Å². The number of hydrogen-bond donors (Lipinski definition) is 2. The van der Waals surface area contributed by atoms with Crippen LogP contribution < -0.4 is 15.6 Å². The summed E-state index contributed by atoms with van der Waals surface area (Å²) >= 11 is 0. The number of hydrazone groups is 1. The number of carbonyl (C=O) groups excluding carboxylic acids is 2. The van der Waals surface area contributed by atoms with Gasteiger partial charge in [0.2, 0.25) is 5.91 Å². The van der Waals surface area contributed by atoms with E-state index < -0.39 is 0 Å². The maximum Gasteiger partial charge on any atom is 0.259 e. The van der Waals surface area contributed by atoms with Crippen LogP contribution in [0.15, 0.2) is 59.7 Å². The van der Waals surface area contributed by atoms with Crippen LogP contribution in [0.2, 0.25) is 0 Å². The van der Waals surface area contributed by atoms with Gasteiger partial charge in [0, 0.05) is 26.2 Å². The molecule has 6 heteroatoms. The van der Waals surface area contributed by atoms with Crippen LogP contribution in [0.1, 0.15) is 17.5 Å². The minimum Gasteiger partial charge on any atom is -0.378 e. The second kappa shape index (κ2) is 9.98. The minimum absolute atomic E-state index is 0.0927. The lowest BCUT2D eigenvalue weighted by atomic mass is 10.1. The van der Waals surface area contributed by atoms with E-state index in [1.807, 2.05) is 73.6 Å². The van der Waals surface area contributed by atoms with Gasteiger partial charge < -0.3 is 10.2 Å². The van der Waals surface area contributed by atoms with Gasteiger partial charge in [-0.1, -0.05) is 42.5 Å². The SMILES string of the molecule is CN(C)c1ccc(/C=N/NC(=O)CNC(=O)CCc2ccccc2)cc1. The number of carbonyl (C=O) groups is 2. The van der Waals surface area contributed by atoms with E-state index in [0.717, 1.165) is 16.8 Å². The first-order valence-electron chi connectivity index (χ1n) is 8.44. The molecule has 0 saturated heterocycles. The molecule has 6 nitrogen and oxygen atoms in total. The van der Waals surface area contributed by atoms with Gasteiger partial charge in [-0.25, -0.2) is 5.43 Å². The summed E-state index contributed by atoms with van der Waals surface area (Å²) in [4.78, 5) is 25.5. The maximum absolute atomic E-state index is 11.8. The fourth-order valence-electron chi connectivity index (χ4n) is 2.25. The lowest BCUT2D eigenvalue weighted by Gasteiger charge is -2.11. The number of anilines is 1. The summed E-state index contributed by atoms with van der Waals surface area (Å²) in [6.45, 7) is -0.0927. The Morgan fingerprint density at radius 3 is 2.35 bits per heavy atom. The molecule has 0 aromatic heterocycles. The molecule has 0 atom stereocenters. The smallest absolute Gasteiger partial charge is 0.259 e. The van der Waals surface area contributed by atoms with Gasteiger partial charge in [0.25, 0.3) is 5.91 Å². The van der Waals surface area contributed by atoms with Gasteiger partial charge in [0.15, 0.2) is 0 Å². The topological polar surface area (TPSA) is 73.8 Å². The molecule has 0 fully saturated rings. The van der Waals surface area contributed by atoms with Crippen LogP contribution in [-0.4, -0.2) is 38.7 Å². The van der Waals surface area contributed by atoms with Crippen LogP contribution in [-0.2, 0) is 16.0 Å². The Kier molecular flexibility index (Phi) is 7.36. The number of hydrogen-bond acceptors (Lipinski definition) is 4. The third-order valence-corrected chi connectivity index (χ3v) is 3.74. The van der Waals surface area contributed by atoms with E-state index in [-0.39, 0.29) is 18.4 Å². The number of aryl methyl sites for hydroxylation is 1. The van der Waals surface area contributed by atoms with E-state index in [1.54, 1.807) is 6.21 Å². The highest BCUT2D eigenvalue weighted by Gasteiger charge is 2.05. The molecule has 2 amide bonds. The number of nitrogens with zero attached hydrogens (tertiary/aromatic N) is 2. The van der Waals surface area contributed by atoms with Crippen molar-refractivity contribution in [2.45, 2.75) is 12.8 Å². The summed E-state index contributed by atoms with van der Waals surface area (Å²) in [5.74, 6) is -0.522. The monoisotopic (exact) mass is 352 g/mol. The van der Waals surface area contributed by atoms with Crippen molar-refractivity contribution in [2.24, 2.45) is 5.10 Å². The van der Waals surface area contributed by atoms with Crippen molar-refractivity contribution in [3.05, 3.63) is 65.7 Å². The van der Waals surface area contributed by atoms with Crippen molar-refractivity contribution >= 4 is 23.7 Å². The Labute approximate surface area is 153 Å². The van der Waals surface area contributed by atoms with E-state index >= 15 is 0 Å². The second-order valence-corrected chi connectivity index (χ2v) is 6.04. The molecule has 0 aliphatic heterocycles. The molecule has 2 rings (SSSR count). The first kappa shape index (κ1) is 19.2. The predicted octanol–water partition coefficient (Wildman–Crippen LogP) is 1.95. The van der Waals surface area contributed by atoms with E-state index in [2.05, 4.69) is 15.8 Å². The van der Waals surface area contributed by atoms with Gasteiger partial charge in [0.1, 0.15) is 0 Å². The standard InChI is InChI=1S/C20H24N4O2/c1-24(2)18-11-8-17(9-12-18)14-22-23-20(26)15-21-19(25)13-10-16-6-4-3-5-7-16/h3-9,11-12,14H,10,13,15H2,1-2H3,(H,21,25)(H,23,26)/b22-14+. The number of amides is 2. The van der Waals surface area contributed by atoms with Gasteiger partial charge >= 0.3 is 0 Å². The second-order valence-electron chi connectivity index (χ2n) is 6.04. The lowest BCUT2D eigenvalue weighted by molar-refractivity contribution is -0.126. The highest BCUT2D eigenvalue weighted by atomic mass is 16.2. The third-order valence-electron chi connectivity index (χ3n) is 3.74. The zero-order valence-corrected chi connectivity index (χ0v) is 15.1. The van der Waals surface area contributed by atoms with Crippen molar-refractivity contribution in [3.63, 3.8) is 0 Å². The van der Waals surface area contributed by atoms with Crippen molar-refractivity contribution < 1.29 is 9.59 Å². The molecule has 0 aliphatic carbocycles. The van der Waals surface area contributed by atoms with Crippen LogP contribution in [0.4, 0.5) is 5.69 Å². The average Bonchev–Trinajstić information content (AvgIpc) is 2.66. The third kappa shape index (κ3) is 6.76. The Morgan fingerprint density at radius 2 is 1.69 bits per heavy atom. The van der Waals surface area contributed by atoms with Crippen molar-refractivity contribution in [3.8, 4) is 0 Å². The highest BCUT2D eigenvalue weighted by molar-refractivity contribution is 5.86. The lowest BCUT2D eigenvalue weighted by Crippen LogP contribution is -2.35. The number of nitrogens with one attached hydrogen (secondary N) is 2. The normalized spacial score (nSPS) is 10.5. The quantitative estimate of drug-likeness (QED) is 0.563. The summed E-state index contributed by atoms with van der Waals surface area (Å²) in [6, 6.07) is 17.5. The zero-order chi connectivity index (χ0) is 18.8. The fraction of sp³-hybridized carbons (Fsp3) is 0.250. The molecule has 0 bridgehead atoms. The summed E-state index contributed by atoms with van der Waals surface area (Å²) in [7, 11) is 3.94. The van der Waals surface area contributed by atoms with Gasteiger partial charge in [0.05, 0.1) is 12.8 Å². The fourth-order valence-corrected chi connectivity index (χ4v) is 2.25. The highest BCUT2D eigenvalue weighted by Crippen LogP contribution is 2.10. The molecule has 0 radical (unpaired) electrons. The molecular weight excluding hydrogens is 328 g/mol. The van der Waals surface area contributed by atoms with Gasteiger partial charge in [-0.05, 0) is 29.7 Å². The van der Waals surface area contributed by atoms with Crippen LogP contribution in [0.3, 0.4) is 0 Å². The Morgan fingerprint density at radius 1 is 1.00 bits per heavy atom. The molecule has 0 heterocycles. The predicted molar refractivity (Wildman–Crippen MR) is 104 cm³/mol. The average molecular weight is 352 g/mol. The van der Waals surface area contributed by atoms with E-state index in [0.29, 0.717) is 12.8 Å². The molecule has 2 aromatic carbocycles. The Bertz CT molecular complexity index is 740. The van der Waals surface area contributed by atoms with Gasteiger partial charge in [-0.15, -0.1) is 0 Å².